The van der Waals surface area contributed by atoms with Gasteiger partial charge in [0.05, 0.1) is 22.0 Å². The number of benzene rings is 1. The average molecular weight is 487 g/mol. The van der Waals surface area contributed by atoms with E-state index in [4.69, 9.17) is 4.74 Å². The van der Waals surface area contributed by atoms with Gasteiger partial charge in [0, 0.05) is 25.7 Å². The van der Waals surface area contributed by atoms with E-state index in [0.717, 1.165) is 19.3 Å². The third-order valence-corrected chi connectivity index (χ3v) is 9.47. The van der Waals surface area contributed by atoms with Gasteiger partial charge in [0.2, 0.25) is 10.0 Å². The Kier molecular flexibility index (Phi) is 7.94. The highest BCUT2D eigenvalue weighted by molar-refractivity contribution is 7.91. The van der Waals surface area contributed by atoms with Gasteiger partial charge in [0.25, 0.3) is 5.91 Å². The molecule has 0 aromatic heterocycles. The zero-order valence-electron chi connectivity index (χ0n) is 18.2. The number of sulfone groups is 1. The lowest BCUT2D eigenvalue weighted by atomic mass is 10.2. The lowest BCUT2D eigenvalue weighted by molar-refractivity contribution is -0.136. The lowest BCUT2D eigenvalue weighted by Crippen LogP contribution is -2.43. The fourth-order valence-electron chi connectivity index (χ4n) is 4.02. The molecule has 2 aliphatic rings. The van der Waals surface area contributed by atoms with Crippen LogP contribution in [-0.2, 0) is 29.4 Å². The standard InChI is InChI=1S/C21H30N2O7S2/c1-2-3-12-23(18-9-13-31(26,27)16-18)20(24)15-30-21(25)17-7-6-8-19(14-17)32(28,29)22-10-4-5-11-22/h6-8,14,18H,2-5,9-13,15-16H2,1H3. The summed E-state index contributed by atoms with van der Waals surface area (Å²) in [5, 5.41) is 0. The van der Waals surface area contributed by atoms with Crippen molar-refractivity contribution in [2.75, 3.05) is 37.7 Å². The molecule has 178 valence electrons. The molecule has 2 fully saturated rings. The SMILES string of the molecule is CCCCN(C(=O)COC(=O)c1cccc(S(=O)(=O)N2CCCC2)c1)C1CCS(=O)(=O)C1. The fraction of sp³-hybridized carbons (Fsp3) is 0.619. The van der Waals surface area contributed by atoms with Gasteiger partial charge in [-0.2, -0.15) is 4.31 Å². The number of hydrogen-bond donors (Lipinski definition) is 0. The number of amides is 1. The van der Waals surface area contributed by atoms with Crippen molar-refractivity contribution < 1.29 is 31.2 Å². The molecule has 1 aromatic carbocycles. The van der Waals surface area contributed by atoms with E-state index in [9.17, 15) is 26.4 Å². The molecule has 0 bridgehead atoms. The second-order valence-electron chi connectivity index (χ2n) is 8.21. The van der Waals surface area contributed by atoms with E-state index in [1.54, 1.807) is 0 Å². The van der Waals surface area contributed by atoms with Gasteiger partial charge in [0.15, 0.2) is 16.4 Å². The highest BCUT2D eigenvalue weighted by Crippen LogP contribution is 2.22. The Labute approximate surface area is 189 Å². The largest absolute Gasteiger partial charge is 0.452 e. The first kappa shape index (κ1) is 24.7. The van der Waals surface area contributed by atoms with Gasteiger partial charge in [-0.1, -0.05) is 19.4 Å². The highest BCUT2D eigenvalue weighted by Gasteiger charge is 2.34. The van der Waals surface area contributed by atoms with Gasteiger partial charge in [0.1, 0.15) is 0 Å². The average Bonchev–Trinajstić information content (AvgIpc) is 3.42. The number of ether oxygens (including phenoxy) is 1. The Morgan fingerprint density at radius 2 is 1.94 bits per heavy atom. The van der Waals surface area contributed by atoms with Crippen LogP contribution in [0, 0.1) is 0 Å². The summed E-state index contributed by atoms with van der Waals surface area (Å²) in [6, 6.07) is 5.19. The summed E-state index contributed by atoms with van der Waals surface area (Å²) >= 11 is 0. The normalized spacial score (nSPS) is 20.8. The van der Waals surface area contributed by atoms with Crippen molar-refractivity contribution in [3.05, 3.63) is 29.8 Å². The van der Waals surface area contributed by atoms with Crippen LogP contribution in [0.15, 0.2) is 29.2 Å². The molecule has 11 heteroatoms. The van der Waals surface area contributed by atoms with E-state index < -0.39 is 44.4 Å². The van der Waals surface area contributed by atoms with Crippen LogP contribution in [0.4, 0.5) is 0 Å². The van der Waals surface area contributed by atoms with E-state index in [-0.39, 0.29) is 22.0 Å². The van der Waals surface area contributed by atoms with E-state index in [1.807, 2.05) is 6.92 Å². The number of unbranched alkanes of at least 4 members (excludes halogenated alkanes) is 1. The maximum absolute atomic E-state index is 12.7. The fourth-order valence-corrected chi connectivity index (χ4v) is 7.31. The van der Waals surface area contributed by atoms with Crippen molar-refractivity contribution in [2.45, 2.75) is 50.0 Å². The third kappa shape index (κ3) is 5.87. The summed E-state index contributed by atoms with van der Waals surface area (Å²) in [7, 11) is -6.84. The number of hydrogen-bond acceptors (Lipinski definition) is 7. The van der Waals surface area contributed by atoms with Crippen LogP contribution in [-0.4, -0.2) is 81.7 Å². The first-order valence-corrected chi connectivity index (χ1v) is 14.2. The summed E-state index contributed by atoms with van der Waals surface area (Å²) in [6.45, 7) is 2.75. The Morgan fingerprint density at radius 1 is 1.22 bits per heavy atom. The first-order valence-electron chi connectivity index (χ1n) is 10.9. The Bertz CT molecular complexity index is 1050. The minimum atomic E-state index is -3.68. The summed E-state index contributed by atoms with van der Waals surface area (Å²) in [5.74, 6) is -1.28. The molecule has 0 spiro atoms. The van der Waals surface area contributed by atoms with Gasteiger partial charge < -0.3 is 9.64 Å². The van der Waals surface area contributed by atoms with Gasteiger partial charge >= 0.3 is 5.97 Å². The van der Waals surface area contributed by atoms with Crippen LogP contribution in [0.25, 0.3) is 0 Å². The van der Waals surface area contributed by atoms with Gasteiger partial charge in [-0.25, -0.2) is 21.6 Å². The van der Waals surface area contributed by atoms with Crippen LogP contribution < -0.4 is 0 Å². The predicted molar refractivity (Wildman–Crippen MR) is 118 cm³/mol. The number of esters is 1. The van der Waals surface area contributed by atoms with Crippen molar-refractivity contribution in [2.24, 2.45) is 0 Å². The molecule has 2 heterocycles. The maximum atomic E-state index is 12.7. The van der Waals surface area contributed by atoms with Crippen LogP contribution in [0.2, 0.25) is 0 Å². The number of nitrogens with zero attached hydrogens (tertiary/aromatic N) is 2. The topological polar surface area (TPSA) is 118 Å². The van der Waals surface area contributed by atoms with Gasteiger partial charge in [-0.15, -0.1) is 0 Å². The summed E-state index contributed by atoms with van der Waals surface area (Å²) in [5.41, 5.74) is 0.0432. The Balaban J connectivity index is 1.65. The second-order valence-corrected chi connectivity index (χ2v) is 12.4. The summed E-state index contributed by atoms with van der Waals surface area (Å²) < 4.78 is 55.7. The minimum Gasteiger partial charge on any atom is -0.452 e. The molecular weight excluding hydrogens is 456 g/mol. The van der Waals surface area contributed by atoms with Crippen LogP contribution in [0.5, 0.6) is 0 Å². The van der Waals surface area contributed by atoms with E-state index in [1.165, 1.54) is 33.5 Å². The Hall–Kier alpha value is -1.98. The molecule has 1 unspecified atom stereocenters. The molecule has 0 saturated carbocycles. The van der Waals surface area contributed by atoms with Crippen LogP contribution in [0.1, 0.15) is 49.4 Å². The number of rotatable bonds is 9. The lowest BCUT2D eigenvalue weighted by Gasteiger charge is -2.28. The van der Waals surface area contributed by atoms with Crippen molar-refractivity contribution in [3.8, 4) is 0 Å². The van der Waals surface area contributed by atoms with Gasteiger partial charge in [-0.3, -0.25) is 4.79 Å². The molecule has 1 atom stereocenters. The minimum absolute atomic E-state index is 0.0147. The zero-order chi connectivity index (χ0) is 23.4. The number of carbonyl (C=O) groups is 2. The highest BCUT2D eigenvalue weighted by atomic mass is 32.2. The third-order valence-electron chi connectivity index (χ3n) is 5.82. The molecule has 2 aliphatic heterocycles. The van der Waals surface area contributed by atoms with Crippen molar-refractivity contribution in [3.63, 3.8) is 0 Å². The van der Waals surface area contributed by atoms with Crippen molar-refractivity contribution in [1.29, 1.82) is 0 Å². The number of sulfonamides is 1. The molecule has 1 aromatic rings. The van der Waals surface area contributed by atoms with Crippen LogP contribution >= 0.6 is 0 Å². The number of carbonyl (C=O) groups excluding carboxylic acids is 2. The molecule has 2 saturated heterocycles. The monoisotopic (exact) mass is 486 g/mol. The predicted octanol–water partition coefficient (Wildman–Crippen LogP) is 1.44. The van der Waals surface area contributed by atoms with E-state index in [2.05, 4.69) is 0 Å². The molecule has 32 heavy (non-hydrogen) atoms. The van der Waals surface area contributed by atoms with E-state index >= 15 is 0 Å². The molecular formula is C21H30N2O7S2. The quantitative estimate of drug-likeness (QED) is 0.485. The van der Waals surface area contributed by atoms with Crippen LogP contribution in [0.3, 0.4) is 0 Å². The molecule has 0 radical (unpaired) electrons. The maximum Gasteiger partial charge on any atom is 0.338 e. The smallest absolute Gasteiger partial charge is 0.338 e. The second kappa shape index (κ2) is 10.3. The molecule has 1 amide bonds. The molecule has 0 N–H and O–H groups in total. The van der Waals surface area contributed by atoms with Crippen molar-refractivity contribution >= 4 is 31.7 Å². The molecule has 9 nitrogen and oxygen atoms in total. The summed E-state index contributed by atoms with van der Waals surface area (Å²) in [6.07, 6.45) is 3.54. The summed E-state index contributed by atoms with van der Waals surface area (Å²) in [4.78, 5) is 26.8. The Morgan fingerprint density at radius 3 is 2.56 bits per heavy atom. The molecule has 0 aliphatic carbocycles. The zero-order valence-corrected chi connectivity index (χ0v) is 19.9. The first-order chi connectivity index (χ1) is 15.1. The van der Waals surface area contributed by atoms with Crippen molar-refractivity contribution in [1.82, 2.24) is 9.21 Å². The van der Waals surface area contributed by atoms with E-state index in [0.29, 0.717) is 32.5 Å². The molecule has 3 rings (SSSR count). The van der Waals surface area contributed by atoms with Gasteiger partial charge in [-0.05, 0) is 43.9 Å².